The van der Waals surface area contributed by atoms with Crippen LogP contribution in [0.3, 0.4) is 0 Å². The number of hydrogen-bond donors (Lipinski definition) is 1. The van der Waals surface area contributed by atoms with Crippen LogP contribution in [-0.4, -0.2) is 15.2 Å². The van der Waals surface area contributed by atoms with Crippen molar-refractivity contribution >= 4 is 0 Å². The Morgan fingerprint density at radius 2 is 2.18 bits per heavy atom. The Hall–Kier alpha value is -1.58. The molecule has 1 atom stereocenters. The Morgan fingerprint density at radius 1 is 1.41 bits per heavy atom. The molecule has 0 saturated heterocycles. The Bertz CT molecular complexity index is 465. The minimum absolute atomic E-state index is 0.0612. The van der Waals surface area contributed by atoms with Crippen molar-refractivity contribution < 1.29 is 4.42 Å². The van der Waals surface area contributed by atoms with Crippen molar-refractivity contribution in [1.29, 1.82) is 0 Å². The molecule has 4 nitrogen and oxygen atoms in total. The summed E-state index contributed by atoms with van der Waals surface area (Å²) in [4.78, 5) is 4.19. The summed E-state index contributed by atoms with van der Waals surface area (Å²) in [5, 5.41) is 7.30. The zero-order chi connectivity index (χ0) is 12.5. The molecule has 2 heterocycles. The molecule has 92 valence electrons. The van der Waals surface area contributed by atoms with Crippen LogP contribution in [0.1, 0.15) is 50.8 Å². The van der Waals surface area contributed by atoms with E-state index in [4.69, 9.17) is 4.42 Å². The molecule has 0 aliphatic rings. The van der Waals surface area contributed by atoms with Crippen LogP contribution in [0.5, 0.6) is 0 Å². The van der Waals surface area contributed by atoms with E-state index < -0.39 is 0 Å². The zero-order valence-electron chi connectivity index (χ0n) is 10.8. The number of nitrogens with zero attached hydrogens (tertiary/aromatic N) is 2. The highest BCUT2D eigenvalue weighted by atomic mass is 16.3. The molecule has 0 bridgehead atoms. The largest absolute Gasteiger partial charge is 0.449 e. The average molecular weight is 233 g/mol. The fraction of sp³-hybridized carbons (Fsp3) is 0.538. The van der Waals surface area contributed by atoms with E-state index in [-0.39, 0.29) is 11.3 Å². The molecule has 0 spiro atoms. The molecule has 2 aromatic heterocycles. The summed E-state index contributed by atoms with van der Waals surface area (Å²) >= 11 is 0. The highest BCUT2D eigenvalue weighted by Crippen LogP contribution is 2.27. The maximum absolute atomic E-state index is 5.33. The molecule has 2 aromatic rings. The average Bonchev–Trinajstić information content (AvgIpc) is 2.85. The molecule has 0 radical (unpaired) electrons. The van der Waals surface area contributed by atoms with Crippen LogP contribution in [-0.2, 0) is 11.8 Å². The lowest BCUT2D eigenvalue weighted by Crippen LogP contribution is -2.15. The molecule has 0 saturated carbocycles. The van der Waals surface area contributed by atoms with Crippen molar-refractivity contribution in [3.8, 4) is 0 Å². The predicted molar refractivity (Wildman–Crippen MR) is 65.9 cm³/mol. The van der Waals surface area contributed by atoms with Crippen LogP contribution < -0.4 is 0 Å². The van der Waals surface area contributed by atoms with Crippen LogP contribution in [0, 0.1) is 0 Å². The highest BCUT2D eigenvalue weighted by Gasteiger charge is 2.23. The quantitative estimate of drug-likeness (QED) is 0.886. The molecule has 1 unspecified atom stereocenters. The molecule has 4 heteroatoms. The Balaban J connectivity index is 2.17. The van der Waals surface area contributed by atoms with E-state index in [1.807, 2.05) is 6.20 Å². The molecular weight excluding hydrogens is 214 g/mol. The third-order valence-corrected chi connectivity index (χ3v) is 2.83. The summed E-state index contributed by atoms with van der Waals surface area (Å²) in [7, 11) is 0. The van der Waals surface area contributed by atoms with Gasteiger partial charge in [0, 0.05) is 17.5 Å². The van der Waals surface area contributed by atoms with Gasteiger partial charge in [-0.1, -0.05) is 27.7 Å². The van der Waals surface area contributed by atoms with Gasteiger partial charge in [0.15, 0.2) is 5.89 Å². The first-order valence-electron chi connectivity index (χ1n) is 5.91. The van der Waals surface area contributed by atoms with Gasteiger partial charge in [0.25, 0.3) is 0 Å². The van der Waals surface area contributed by atoms with Gasteiger partial charge in [-0.15, -0.1) is 0 Å². The van der Waals surface area contributed by atoms with Crippen LogP contribution in [0.4, 0.5) is 0 Å². The molecule has 2 rings (SSSR count). The number of rotatable bonds is 3. The smallest absolute Gasteiger partial charge is 0.197 e. The summed E-state index contributed by atoms with van der Waals surface area (Å²) in [5.41, 5.74) is 2.42. The Kier molecular flexibility index (Phi) is 3.05. The minimum Gasteiger partial charge on any atom is -0.449 e. The lowest BCUT2D eigenvalue weighted by molar-refractivity contribution is 0.454. The summed E-state index contributed by atoms with van der Waals surface area (Å²) in [5.74, 6) is 1.05. The van der Waals surface area contributed by atoms with E-state index in [0.29, 0.717) is 0 Å². The predicted octanol–water partition coefficient (Wildman–Crippen LogP) is 3.04. The van der Waals surface area contributed by atoms with Crippen LogP contribution in [0.2, 0.25) is 0 Å². The minimum atomic E-state index is 0.0612. The van der Waals surface area contributed by atoms with Crippen LogP contribution >= 0.6 is 0 Å². The maximum atomic E-state index is 5.33. The van der Waals surface area contributed by atoms with E-state index in [9.17, 15) is 0 Å². The van der Waals surface area contributed by atoms with E-state index in [1.165, 1.54) is 5.56 Å². The fourth-order valence-electron chi connectivity index (χ4n) is 2.01. The van der Waals surface area contributed by atoms with Gasteiger partial charge in [0.2, 0.25) is 0 Å². The number of nitrogens with one attached hydrogen (secondary N) is 1. The van der Waals surface area contributed by atoms with Gasteiger partial charge in [-0.25, -0.2) is 4.98 Å². The molecule has 1 N–H and O–H groups in total. The standard InChI is InChI=1S/C13H19N3O/c1-9(12-14-5-6-17-12)7-10-8-15-16-11(10)13(2,3)4/h5-6,8-9H,7H2,1-4H3,(H,15,16). The Labute approximate surface area is 101 Å². The lowest BCUT2D eigenvalue weighted by atomic mass is 9.87. The van der Waals surface area contributed by atoms with Gasteiger partial charge in [-0.3, -0.25) is 5.10 Å². The van der Waals surface area contributed by atoms with E-state index in [0.717, 1.165) is 18.0 Å². The van der Waals surface area contributed by atoms with Crippen molar-refractivity contribution in [2.45, 2.75) is 45.4 Å². The van der Waals surface area contributed by atoms with Crippen molar-refractivity contribution in [3.63, 3.8) is 0 Å². The lowest BCUT2D eigenvalue weighted by Gasteiger charge is -2.18. The van der Waals surface area contributed by atoms with Crippen molar-refractivity contribution in [2.75, 3.05) is 0 Å². The van der Waals surface area contributed by atoms with Gasteiger partial charge in [-0.2, -0.15) is 5.10 Å². The first-order chi connectivity index (χ1) is 7.98. The summed E-state index contributed by atoms with van der Waals surface area (Å²) in [6.07, 6.45) is 6.17. The second-order valence-corrected chi connectivity index (χ2v) is 5.48. The summed E-state index contributed by atoms with van der Waals surface area (Å²) in [6, 6.07) is 0. The molecule has 17 heavy (non-hydrogen) atoms. The van der Waals surface area contributed by atoms with Gasteiger partial charge >= 0.3 is 0 Å². The van der Waals surface area contributed by atoms with Gasteiger partial charge in [0.05, 0.1) is 11.9 Å². The molecule has 0 aliphatic heterocycles. The Morgan fingerprint density at radius 3 is 2.76 bits per heavy atom. The molecule has 0 amide bonds. The monoisotopic (exact) mass is 233 g/mol. The molecule has 0 aromatic carbocycles. The van der Waals surface area contributed by atoms with Gasteiger partial charge < -0.3 is 4.42 Å². The van der Waals surface area contributed by atoms with Crippen molar-refractivity contribution in [2.24, 2.45) is 0 Å². The topological polar surface area (TPSA) is 54.7 Å². The summed E-state index contributed by atoms with van der Waals surface area (Å²) < 4.78 is 5.33. The van der Waals surface area contributed by atoms with E-state index in [1.54, 1.807) is 12.5 Å². The third kappa shape index (κ3) is 2.57. The molecule has 0 aliphatic carbocycles. The molecule has 0 fully saturated rings. The SMILES string of the molecule is CC(Cc1c[nH]nc1C(C)(C)C)c1ncco1. The summed E-state index contributed by atoms with van der Waals surface area (Å²) in [6.45, 7) is 8.62. The number of oxazole rings is 1. The van der Waals surface area contributed by atoms with Gasteiger partial charge in [0.1, 0.15) is 6.26 Å². The zero-order valence-corrected chi connectivity index (χ0v) is 10.8. The first kappa shape index (κ1) is 11.9. The molecular formula is C13H19N3O. The first-order valence-corrected chi connectivity index (χ1v) is 5.91. The van der Waals surface area contributed by atoms with Crippen molar-refractivity contribution in [3.05, 3.63) is 35.8 Å². The van der Waals surface area contributed by atoms with Crippen molar-refractivity contribution in [1.82, 2.24) is 15.2 Å². The number of aromatic nitrogens is 3. The second-order valence-electron chi connectivity index (χ2n) is 5.48. The second kappa shape index (κ2) is 4.35. The third-order valence-electron chi connectivity index (χ3n) is 2.83. The van der Waals surface area contributed by atoms with Crippen LogP contribution in [0.25, 0.3) is 0 Å². The normalized spacial score (nSPS) is 13.9. The van der Waals surface area contributed by atoms with Crippen LogP contribution in [0.15, 0.2) is 23.1 Å². The number of hydrogen-bond acceptors (Lipinski definition) is 3. The fourth-order valence-corrected chi connectivity index (χ4v) is 2.01. The van der Waals surface area contributed by atoms with E-state index >= 15 is 0 Å². The number of H-pyrrole nitrogens is 1. The highest BCUT2D eigenvalue weighted by molar-refractivity contribution is 5.24. The van der Waals surface area contributed by atoms with Gasteiger partial charge in [-0.05, 0) is 12.0 Å². The maximum Gasteiger partial charge on any atom is 0.197 e. The number of aromatic amines is 1. The van der Waals surface area contributed by atoms with E-state index in [2.05, 4.69) is 42.9 Å².